The van der Waals surface area contributed by atoms with E-state index in [4.69, 9.17) is 0 Å². The summed E-state index contributed by atoms with van der Waals surface area (Å²) in [6, 6.07) is 15.5. The summed E-state index contributed by atoms with van der Waals surface area (Å²) in [6.45, 7) is 1.86. The highest BCUT2D eigenvalue weighted by atomic mass is 32.2. The molecule has 3 rings (SSSR count). The summed E-state index contributed by atoms with van der Waals surface area (Å²) in [7, 11) is -3.78. The number of hydrogen-bond donors (Lipinski definition) is 1. The molecule has 1 aliphatic rings. The van der Waals surface area contributed by atoms with Crippen LogP contribution in [0.5, 0.6) is 0 Å². The molecule has 0 saturated heterocycles. The molecule has 0 spiro atoms. The number of allylic oxidation sites excluding steroid dienone is 2. The average molecular weight is 330 g/mol. The third-order valence-electron chi connectivity index (χ3n) is 3.62. The van der Waals surface area contributed by atoms with Crippen LogP contribution < -0.4 is 4.83 Å². The Kier molecular flexibility index (Phi) is 4.00. The van der Waals surface area contributed by atoms with E-state index in [0.717, 1.165) is 11.1 Å². The van der Waals surface area contributed by atoms with E-state index >= 15 is 0 Å². The van der Waals surface area contributed by atoms with Gasteiger partial charge in [0, 0.05) is 12.0 Å². The van der Waals surface area contributed by atoms with Crippen molar-refractivity contribution < 1.29 is 12.8 Å². The summed E-state index contributed by atoms with van der Waals surface area (Å²) in [5.41, 5.74) is 2.39. The Balaban J connectivity index is 1.77. The van der Waals surface area contributed by atoms with E-state index in [2.05, 4.69) is 9.93 Å². The predicted octanol–water partition coefficient (Wildman–Crippen LogP) is 3.41. The molecule has 0 heterocycles. The molecule has 118 valence electrons. The molecule has 4 nitrogen and oxygen atoms in total. The van der Waals surface area contributed by atoms with Gasteiger partial charge in [-0.05, 0) is 24.6 Å². The molecule has 0 atom stereocenters. The minimum Gasteiger partial charge on any atom is -0.205 e. The quantitative estimate of drug-likeness (QED) is 0.873. The zero-order valence-corrected chi connectivity index (χ0v) is 13.3. The highest BCUT2D eigenvalue weighted by Gasteiger charge is 2.27. The first-order valence-corrected chi connectivity index (χ1v) is 8.55. The van der Waals surface area contributed by atoms with E-state index < -0.39 is 15.9 Å². The molecular formula is C17H15FN2O2S. The number of nitrogens with zero attached hydrogens (tertiary/aromatic N) is 1. The first-order chi connectivity index (χ1) is 11.0. The lowest BCUT2D eigenvalue weighted by atomic mass is 9.89. The molecule has 2 aromatic rings. The van der Waals surface area contributed by atoms with E-state index in [1.165, 1.54) is 12.1 Å². The Morgan fingerprint density at radius 2 is 1.70 bits per heavy atom. The lowest BCUT2D eigenvalue weighted by Gasteiger charge is -2.20. The number of nitrogens with one attached hydrogen (secondary N) is 1. The van der Waals surface area contributed by atoms with Gasteiger partial charge in [-0.1, -0.05) is 48.0 Å². The van der Waals surface area contributed by atoms with Crippen LogP contribution in [0.4, 0.5) is 4.39 Å². The van der Waals surface area contributed by atoms with Crippen molar-refractivity contribution in [1.82, 2.24) is 4.83 Å². The normalized spacial score (nSPS) is 16.3. The highest BCUT2D eigenvalue weighted by molar-refractivity contribution is 7.89. The molecule has 0 saturated carbocycles. The van der Waals surface area contributed by atoms with E-state index in [0.29, 0.717) is 12.0 Å². The molecule has 0 bridgehead atoms. The molecule has 0 fully saturated rings. The minimum atomic E-state index is -3.78. The Morgan fingerprint density at radius 1 is 1.04 bits per heavy atom. The topological polar surface area (TPSA) is 58.5 Å². The van der Waals surface area contributed by atoms with Crippen LogP contribution >= 0.6 is 0 Å². The van der Waals surface area contributed by atoms with Crippen molar-refractivity contribution in [2.24, 2.45) is 5.10 Å². The second kappa shape index (κ2) is 5.96. The highest BCUT2D eigenvalue weighted by Crippen LogP contribution is 2.34. The lowest BCUT2D eigenvalue weighted by molar-refractivity contribution is 0.583. The molecule has 23 heavy (non-hydrogen) atoms. The summed E-state index contributed by atoms with van der Waals surface area (Å²) in [4.78, 5) is 2.18. The van der Waals surface area contributed by atoms with Crippen molar-refractivity contribution in [3.8, 4) is 0 Å². The summed E-state index contributed by atoms with van der Waals surface area (Å²) < 4.78 is 38.3. The molecule has 0 unspecified atom stereocenters. The summed E-state index contributed by atoms with van der Waals surface area (Å²) >= 11 is 0. The number of aryl methyl sites for hydroxylation is 1. The zero-order valence-electron chi connectivity index (χ0n) is 12.5. The second-order valence-electron chi connectivity index (χ2n) is 5.30. The van der Waals surface area contributed by atoms with E-state index in [-0.39, 0.29) is 10.6 Å². The lowest BCUT2D eigenvalue weighted by Crippen LogP contribution is -2.24. The molecule has 0 aliphatic heterocycles. The van der Waals surface area contributed by atoms with Crippen molar-refractivity contribution in [3.63, 3.8) is 0 Å². The van der Waals surface area contributed by atoms with Gasteiger partial charge in [0.05, 0.1) is 4.90 Å². The molecule has 1 N–H and O–H groups in total. The number of rotatable bonds is 4. The van der Waals surface area contributed by atoms with Crippen molar-refractivity contribution in [2.75, 3.05) is 0 Å². The van der Waals surface area contributed by atoms with Gasteiger partial charge >= 0.3 is 0 Å². The third kappa shape index (κ3) is 3.17. The molecule has 0 radical (unpaired) electrons. The number of halogens is 1. The zero-order chi connectivity index (χ0) is 16.4. The van der Waals surface area contributed by atoms with E-state index in [9.17, 15) is 12.8 Å². The maximum absolute atomic E-state index is 14.1. The van der Waals surface area contributed by atoms with Crippen molar-refractivity contribution in [1.29, 1.82) is 0 Å². The number of hydrazone groups is 1. The Bertz CT molecular complexity index is 886. The number of hydrogen-bond acceptors (Lipinski definition) is 3. The van der Waals surface area contributed by atoms with E-state index in [1.807, 2.05) is 37.3 Å². The fraction of sp³-hybridized carbons (Fsp3) is 0.118. The predicted molar refractivity (Wildman–Crippen MR) is 88.0 cm³/mol. The van der Waals surface area contributed by atoms with Gasteiger partial charge in [0.25, 0.3) is 10.0 Å². The summed E-state index contributed by atoms with van der Waals surface area (Å²) in [6.07, 6.45) is 0.298. The SMILES string of the molecule is Cc1ccc(S(=O)(=O)N/N=C2\CC(c3ccccc3)=C2F)cc1. The average Bonchev–Trinajstić information content (AvgIpc) is 2.54. The maximum atomic E-state index is 14.1. The summed E-state index contributed by atoms with van der Waals surface area (Å²) in [5.74, 6) is -0.470. The molecule has 6 heteroatoms. The van der Waals surface area contributed by atoms with Crippen LogP contribution in [0, 0.1) is 6.92 Å². The van der Waals surface area contributed by atoms with Crippen LogP contribution in [-0.2, 0) is 10.0 Å². The minimum absolute atomic E-state index is 0.0967. The molecule has 1 aliphatic carbocycles. The third-order valence-corrected chi connectivity index (χ3v) is 4.84. The van der Waals surface area contributed by atoms with Gasteiger partial charge in [0.15, 0.2) is 5.83 Å². The van der Waals surface area contributed by atoms with Gasteiger partial charge in [-0.2, -0.15) is 18.4 Å². The van der Waals surface area contributed by atoms with Gasteiger partial charge in [-0.15, -0.1) is 0 Å². The van der Waals surface area contributed by atoms with Crippen LogP contribution in [0.3, 0.4) is 0 Å². The number of sulfonamides is 1. The molecule has 0 amide bonds. The van der Waals surface area contributed by atoms with Crippen LogP contribution in [0.2, 0.25) is 0 Å². The van der Waals surface area contributed by atoms with Crippen molar-refractivity contribution in [3.05, 3.63) is 71.6 Å². The standard InChI is InChI=1S/C17H15FN2O2S/c1-12-7-9-14(10-8-12)23(21,22)20-19-16-11-15(17(16)18)13-5-3-2-4-6-13/h2-10,20H,11H2,1H3/b19-16+. The van der Waals surface area contributed by atoms with Gasteiger partial charge in [0.1, 0.15) is 5.71 Å². The first-order valence-electron chi connectivity index (χ1n) is 7.07. The largest absolute Gasteiger partial charge is 0.276 e. The summed E-state index contributed by atoms with van der Waals surface area (Å²) in [5, 5.41) is 3.70. The van der Waals surface area contributed by atoms with E-state index in [1.54, 1.807) is 12.1 Å². The molecule has 2 aromatic carbocycles. The number of benzene rings is 2. The first kappa shape index (κ1) is 15.4. The molecule has 0 aromatic heterocycles. The van der Waals surface area contributed by atoms with Gasteiger partial charge in [-0.3, -0.25) is 0 Å². The van der Waals surface area contributed by atoms with Gasteiger partial charge < -0.3 is 0 Å². The molecular weight excluding hydrogens is 315 g/mol. The fourth-order valence-corrected chi connectivity index (χ4v) is 3.06. The fourth-order valence-electron chi connectivity index (χ4n) is 2.23. The van der Waals surface area contributed by atoms with Crippen molar-refractivity contribution >= 4 is 21.3 Å². The smallest absolute Gasteiger partial charge is 0.205 e. The van der Waals surface area contributed by atoms with Gasteiger partial charge in [0.2, 0.25) is 0 Å². The van der Waals surface area contributed by atoms with Crippen LogP contribution in [0.25, 0.3) is 5.57 Å². The second-order valence-corrected chi connectivity index (χ2v) is 6.96. The Morgan fingerprint density at radius 3 is 2.30 bits per heavy atom. The monoisotopic (exact) mass is 330 g/mol. The Labute approximate surface area is 134 Å². The Hall–Kier alpha value is -2.47. The van der Waals surface area contributed by atoms with Crippen LogP contribution in [0.1, 0.15) is 17.5 Å². The van der Waals surface area contributed by atoms with Crippen LogP contribution in [-0.4, -0.2) is 14.1 Å². The van der Waals surface area contributed by atoms with Gasteiger partial charge in [-0.25, -0.2) is 4.39 Å². The van der Waals surface area contributed by atoms with Crippen molar-refractivity contribution in [2.45, 2.75) is 18.2 Å². The maximum Gasteiger partial charge on any atom is 0.276 e. The van der Waals surface area contributed by atoms with Crippen LogP contribution in [0.15, 0.2) is 70.4 Å².